The number of nitrogens with zero attached hydrogens (tertiary/aromatic N) is 2. The summed E-state index contributed by atoms with van der Waals surface area (Å²) in [5.74, 6) is 0. The zero-order valence-corrected chi connectivity index (χ0v) is 14.4. The van der Waals surface area contributed by atoms with Crippen LogP contribution in [0.5, 0.6) is 0 Å². The molecule has 1 aliphatic rings. The van der Waals surface area contributed by atoms with E-state index in [0.29, 0.717) is 0 Å². The van der Waals surface area contributed by atoms with Gasteiger partial charge in [-0.05, 0) is 51.0 Å². The molecule has 0 radical (unpaired) electrons. The molecule has 0 unspecified atom stereocenters. The van der Waals surface area contributed by atoms with Gasteiger partial charge >= 0.3 is 0 Å². The Bertz CT molecular complexity index is 718. The molecule has 4 rings (SSSR count). The number of benzene rings is 2. The SMILES string of the molecule is Cl.c1ccc2c(c1)c1ccccc1n2CCCN1CCCCC1. The number of para-hydroxylation sites is 2. The molecule has 1 aliphatic heterocycles. The van der Waals surface area contributed by atoms with Gasteiger partial charge in [-0.2, -0.15) is 0 Å². The van der Waals surface area contributed by atoms with Gasteiger partial charge in [-0.3, -0.25) is 0 Å². The Morgan fingerprint density at radius 3 is 1.87 bits per heavy atom. The van der Waals surface area contributed by atoms with Crippen LogP contribution in [0.3, 0.4) is 0 Å². The van der Waals surface area contributed by atoms with Crippen molar-refractivity contribution in [3.63, 3.8) is 0 Å². The van der Waals surface area contributed by atoms with Crippen molar-refractivity contribution >= 4 is 34.2 Å². The van der Waals surface area contributed by atoms with Crippen LogP contribution >= 0.6 is 12.4 Å². The molecule has 0 spiro atoms. The third kappa shape index (κ3) is 3.24. The number of aromatic nitrogens is 1. The third-order valence-corrected chi connectivity index (χ3v) is 4.98. The Kier molecular flexibility index (Phi) is 5.24. The lowest BCUT2D eigenvalue weighted by atomic mass is 10.1. The first-order chi connectivity index (χ1) is 10.9. The number of piperidine rings is 1. The summed E-state index contributed by atoms with van der Waals surface area (Å²) in [5.41, 5.74) is 2.75. The summed E-state index contributed by atoms with van der Waals surface area (Å²) >= 11 is 0. The van der Waals surface area contributed by atoms with E-state index in [1.54, 1.807) is 0 Å². The molecular weight excluding hydrogens is 304 g/mol. The summed E-state index contributed by atoms with van der Waals surface area (Å²) < 4.78 is 2.51. The molecule has 0 bridgehead atoms. The summed E-state index contributed by atoms with van der Waals surface area (Å²) in [7, 11) is 0. The normalized spacial score (nSPS) is 15.8. The second-order valence-electron chi connectivity index (χ2n) is 6.44. The van der Waals surface area contributed by atoms with Gasteiger partial charge in [0.15, 0.2) is 0 Å². The van der Waals surface area contributed by atoms with Crippen LogP contribution in [0.1, 0.15) is 25.7 Å². The number of likely N-dealkylation sites (tertiary alicyclic amines) is 1. The van der Waals surface area contributed by atoms with E-state index in [1.165, 1.54) is 67.1 Å². The van der Waals surface area contributed by atoms with Gasteiger partial charge < -0.3 is 9.47 Å². The van der Waals surface area contributed by atoms with Crippen molar-refractivity contribution in [2.45, 2.75) is 32.2 Å². The van der Waals surface area contributed by atoms with Crippen molar-refractivity contribution < 1.29 is 0 Å². The summed E-state index contributed by atoms with van der Waals surface area (Å²) in [6.07, 6.45) is 5.43. The zero-order chi connectivity index (χ0) is 14.8. The van der Waals surface area contributed by atoms with Crippen LogP contribution < -0.4 is 0 Å². The minimum absolute atomic E-state index is 0. The first-order valence-corrected chi connectivity index (χ1v) is 8.62. The molecule has 0 atom stereocenters. The van der Waals surface area contributed by atoms with Crippen molar-refractivity contribution in [1.29, 1.82) is 0 Å². The van der Waals surface area contributed by atoms with Crippen molar-refractivity contribution in [2.24, 2.45) is 0 Å². The maximum absolute atomic E-state index is 2.64. The smallest absolute Gasteiger partial charge is 0.0491 e. The molecule has 2 nitrogen and oxygen atoms in total. The van der Waals surface area contributed by atoms with Crippen LogP contribution in [0, 0.1) is 0 Å². The topological polar surface area (TPSA) is 8.17 Å². The van der Waals surface area contributed by atoms with Gasteiger partial charge in [0.2, 0.25) is 0 Å². The summed E-state index contributed by atoms with van der Waals surface area (Å²) in [6, 6.07) is 17.6. The summed E-state index contributed by atoms with van der Waals surface area (Å²) in [5, 5.41) is 2.77. The van der Waals surface area contributed by atoms with Crippen LogP contribution in [0.15, 0.2) is 48.5 Å². The molecule has 3 aromatic rings. The first-order valence-electron chi connectivity index (χ1n) is 8.62. The number of hydrogen-bond acceptors (Lipinski definition) is 1. The lowest BCUT2D eigenvalue weighted by Crippen LogP contribution is -2.31. The molecule has 0 N–H and O–H groups in total. The molecule has 0 saturated carbocycles. The van der Waals surface area contributed by atoms with Crippen LogP contribution in [-0.2, 0) is 6.54 Å². The fourth-order valence-corrected chi connectivity index (χ4v) is 3.88. The fourth-order valence-electron chi connectivity index (χ4n) is 3.88. The van der Waals surface area contributed by atoms with Crippen molar-refractivity contribution in [2.75, 3.05) is 19.6 Å². The third-order valence-electron chi connectivity index (χ3n) is 4.98. The molecule has 2 heterocycles. The second-order valence-corrected chi connectivity index (χ2v) is 6.44. The monoisotopic (exact) mass is 328 g/mol. The number of fused-ring (bicyclic) bond motifs is 3. The Labute approximate surface area is 144 Å². The van der Waals surface area contributed by atoms with Gasteiger partial charge in [-0.25, -0.2) is 0 Å². The minimum Gasteiger partial charge on any atom is -0.340 e. The molecule has 2 aromatic carbocycles. The summed E-state index contributed by atoms with van der Waals surface area (Å²) in [4.78, 5) is 2.64. The van der Waals surface area contributed by atoms with E-state index in [2.05, 4.69) is 58.0 Å². The fraction of sp³-hybridized carbons (Fsp3) is 0.400. The van der Waals surface area contributed by atoms with Gasteiger partial charge in [0.25, 0.3) is 0 Å². The Morgan fingerprint density at radius 2 is 1.26 bits per heavy atom. The van der Waals surface area contributed by atoms with Gasteiger partial charge in [0.05, 0.1) is 0 Å². The van der Waals surface area contributed by atoms with Gasteiger partial charge in [0.1, 0.15) is 0 Å². The van der Waals surface area contributed by atoms with Crippen molar-refractivity contribution in [1.82, 2.24) is 9.47 Å². The van der Waals surface area contributed by atoms with Crippen LogP contribution in [-0.4, -0.2) is 29.1 Å². The standard InChI is InChI=1S/C20H24N2.ClH/c1-6-13-21(14-7-1)15-8-16-22-19-11-4-2-9-17(19)18-10-3-5-12-20(18)22;/h2-5,9-12H,1,6-8,13-16H2;1H. The molecule has 1 fully saturated rings. The van der Waals surface area contributed by atoms with E-state index in [1.807, 2.05) is 0 Å². The Morgan fingerprint density at radius 1 is 0.696 bits per heavy atom. The molecule has 0 amide bonds. The highest BCUT2D eigenvalue weighted by atomic mass is 35.5. The molecule has 0 aliphatic carbocycles. The quantitative estimate of drug-likeness (QED) is 0.647. The first kappa shape index (κ1) is 16.4. The van der Waals surface area contributed by atoms with Crippen LogP contribution in [0.4, 0.5) is 0 Å². The van der Waals surface area contributed by atoms with E-state index >= 15 is 0 Å². The molecular formula is C20H25ClN2. The lowest BCUT2D eigenvalue weighted by molar-refractivity contribution is 0.223. The van der Waals surface area contributed by atoms with Crippen molar-refractivity contribution in [3.8, 4) is 0 Å². The highest BCUT2D eigenvalue weighted by Crippen LogP contribution is 2.28. The maximum atomic E-state index is 2.64. The minimum atomic E-state index is 0. The van der Waals surface area contributed by atoms with E-state index in [4.69, 9.17) is 0 Å². The molecule has 1 saturated heterocycles. The average Bonchev–Trinajstić information content (AvgIpc) is 2.91. The predicted molar refractivity (Wildman–Crippen MR) is 102 cm³/mol. The molecule has 23 heavy (non-hydrogen) atoms. The Hall–Kier alpha value is -1.51. The number of rotatable bonds is 4. The van der Waals surface area contributed by atoms with Gasteiger partial charge in [0, 0.05) is 28.4 Å². The van der Waals surface area contributed by atoms with Crippen molar-refractivity contribution in [3.05, 3.63) is 48.5 Å². The number of aryl methyl sites for hydroxylation is 1. The van der Waals surface area contributed by atoms with Gasteiger partial charge in [-0.15, -0.1) is 12.4 Å². The molecule has 3 heteroatoms. The highest BCUT2D eigenvalue weighted by Gasteiger charge is 2.11. The predicted octanol–water partition coefficient (Wildman–Crippen LogP) is 5.09. The number of hydrogen-bond donors (Lipinski definition) is 0. The average molecular weight is 329 g/mol. The zero-order valence-electron chi connectivity index (χ0n) is 13.6. The summed E-state index contributed by atoms with van der Waals surface area (Å²) in [6.45, 7) is 4.95. The van der Waals surface area contributed by atoms with E-state index < -0.39 is 0 Å². The molecule has 122 valence electrons. The lowest BCUT2D eigenvalue weighted by Gasteiger charge is -2.26. The largest absolute Gasteiger partial charge is 0.340 e. The van der Waals surface area contributed by atoms with E-state index in [9.17, 15) is 0 Å². The Balaban J connectivity index is 0.00000156. The number of halogens is 1. The van der Waals surface area contributed by atoms with E-state index in [0.717, 1.165) is 6.54 Å². The van der Waals surface area contributed by atoms with E-state index in [-0.39, 0.29) is 12.4 Å². The maximum Gasteiger partial charge on any atom is 0.0491 e. The van der Waals surface area contributed by atoms with Crippen LogP contribution in [0.2, 0.25) is 0 Å². The van der Waals surface area contributed by atoms with Gasteiger partial charge in [-0.1, -0.05) is 42.8 Å². The van der Waals surface area contributed by atoms with Crippen LogP contribution in [0.25, 0.3) is 21.8 Å². The second kappa shape index (κ2) is 7.37. The molecule has 1 aromatic heterocycles. The highest BCUT2D eigenvalue weighted by molar-refractivity contribution is 6.07.